The first kappa shape index (κ1) is 21.3. The molecule has 3 aromatic rings. The van der Waals surface area contributed by atoms with E-state index in [1.54, 1.807) is 4.68 Å². The normalized spacial score (nSPS) is 11.5. The van der Waals surface area contributed by atoms with Gasteiger partial charge in [-0.3, -0.25) is 14.8 Å². The molecule has 0 saturated heterocycles. The molecule has 2 heterocycles. The zero-order valence-electron chi connectivity index (χ0n) is 17.6. The highest BCUT2D eigenvalue weighted by Gasteiger charge is 2.15. The number of para-hydroxylation sites is 2. The van der Waals surface area contributed by atoms with E-state index in [4.69, 9.17) is 11.6 Å². The number of hydrogen-bond donors (Lipinski definition) is 1. The van der Waals surface area contributed by atoms with Gasteiger partial charge in [-0.2, -0.15) is 5.10 Å². The van der Waals surface area contributed by atoms with Crippen molar-refractivity contribution in [2.75, 3.05) is 25.0 Å². The van der Waals surface area contributed by atoms with Gasteiger partial charge in [0.15, 0.2) is 0 Å². The summed E-state index contributed by atoms with van der Waals surface area (Å²) >= 11 is 6.19. The predicted octanol–water partition coefficient (Wildman–Crippen LogP) is 3.87. The summed E-state index contributed by atoms with van der Waals surface area (Å²) in [6.45, 7) is 12.2. The van der Waals surface area contributed by atoms with Crippen LogP contribution in [0.3, 0.4) is 0 Å². The van der Waals surface area contributed by atoms with Crippen LogP contribution in [0.5, 0.6) is 0 Å². The third kappa shape index (κ3) is 4.79. The average Bonchev–Trinajstić information content (AvgIpc) is 3.19. The number of benzene rings is 1. The van der Waals surface area contributed by atoms with Crippen LogP contribution in [0.2, 0.25) is 5.02 Å². The number of imidazole rings is 1. The van der Waals surface area contributed by atoms with E-state index in [0.717, 1.165) is 48.6 Å². The number of rotatable bonds is 9. The number of aryl methyl sites for hydroxylation is 2. The van der Waals surface area contributed by atoms with Crippen molar-refractivity contribution in [2.24, 2.45) is 0 Å². The first-order valence-electron chi connectivity index (χ1n) is 10.1. The minimum absolute atomic E-state index is 0.0897. The molecule has 1 aromatic carbocycles. The molecule has 0 aliphatic heterocycles. The maximum atomic E-state index is 12.6. The quantitative estimate of drug-likeness (QED) is 0.574. The van der Waals surface area contributed by atoms with Crippen LogP contribution in [0.1, 0.15) is 31.7 Å². The minimum Gasteiger partial charge on any atom is -0.309 e. The molecule has 0 aliphatic carbocycles. The summed E-state index contributed by atoms with van der Waals surface area (Å²) < 4.78 is 3.87. The van der Waals surface area contributed by atoms with E-state index in [0.29, 0.717) is 23.9 Å². The zero-order valence-corrected chi connectivity index (χ0v) is 18.3. The van der Waals surface area contributed by atoms with Crippen molar-refractivity contribution in [3.63, 3.8) is 0 Å². The van der Waals surface area contributed by atoms with E-state index in [9.17, 15) is 4.79 Å². The van der Waals surface area contributed by atoms with Gasteiger partial charge in [-0.25, -0.2) is 4.98 Å². The van der Waals surface area contributed by atoms with Crippen LogP contribution in [-0.2, 0) is 17.9 Å². The van der Waals surface area contributed by atoms with Gasteiger partial charge < -0.3 is 9.47 Å². The van der Waals surface area contributed by atoms with Crippen LogP contribution in [0.15, 0.2) is 24.3 Å². The van der Waals surface area contributed by atoms with Crippen molar-refractivity contribution in [1.29, 1.82) is 0 Å². The first-order chi connectivity index (χ1) is 13.9. The summed E-state index contributed by atoms with van der Waals surface area (Å²) in [4.78, 5) is 19.6. The van der Waals surface area contributed by atoms with Crippen LogP contribution in [0.25, 0.3) is 11.0 Å². The number of halogens is 1. The molecule has 0 fully saturated rings. The van der Waals surface area contributed by atoms with Crippen molar-refractivity contribution in [3.8, 4) is 0 Å². The van der Waals surface area contributed by atoms with Crippen molar-refractivity contribution in [1.82, 2.24) is 24.2 Å². The topological polar surface area (TPSA) is 68.0 Å². The molecule has 7 nitrogen and oxygen atoms in total. The summed E-state index contributed by atoms with van der Waals surface area (Å²) in [6, 6.07) is 7.97. The summed E-state index contributed by atoms with van der Waals surface area (Å²) in [6.07, 6.45) is 0.303. The Morgan fingerprint density at radius 2 is 1.90 bits per heavy atom. The van der Waals surface area contributed by atoms with Crippen molar-refractivity contribution in [2.45, 2.75) is 47.2 Å². The second kappa shape index (κ2) is 9.41. The Bertz CT molecular complexity index is 989. The van der Waals surface area contributed by atoms with E-state index in [1.807, 2.05) is 38.1 Å². The molecule has 1 amide bonds. The maximum Gasteiger partial charge on any atom is 0.228 e. The molecule has 3 rings (SSSR count). The summed E-state index contributed by atoms with van der Waals surface area (Å²) in [7, 11) is 0. The number of nitrogens with one attached hydrogen (secondary N) is 1. The number of carbonyl (C=O) groups excluding carboxylic acids is 1. The SMILES string of the molecule is CCN(CC)CCn1c(NC(=O)CCn2nc(C)c(Cl)c2C)nc2ccccc21. The highest BCUT2D eigenvalue weighted by atomic mass is 35.5. The number of amides is 1. The molecule has 0 bridgehead atoms. The maximum absolute atomic E-state index is 12.6. The second-order valence-electron chi connectivity index (χ2n) is 7.11. The third-order valence-corrected chi connectivity index (χ3v) is 5.83. The van der Waals surface area contributed by atoms with Gasteiger partial charge in [0.25, 0.3) is 0 Å². The molecular formula is C21H29ClN6O. The fourth-order valence-corrected chi connectivity index (χ4v) is 3.60. The van der Waals surface area contributed by atoms with Crippen LogP contribution in [-0.4, -0.2) is 49.8 Å². The molecule has 2 aromatic heterocycles. The van der Waals surface area contributed by atoms with E-state index in [2.05, 4.69) is 38.7 Å². The Hall–Kier alpha value is -2.38. The minimum atomic E-state index is -0.0897. The molecule has 156 valence electrons. The summed E-state index contributed by atoms with van der Waals surface area (Å²) in [5, 5.41) is 8.03. The van der Waals surface area contributed by atoms with Gasteiger partial charge in [-0.15, -0.1) is 0 Å². The zero-order chi connectivity index (χ0) is 21.0. The molecule has 0 aliphatic rings. The number of fused-ring (bicyclic) bond motifs is 1. The Morgan fingerprint density at radius 1 is 1.17 bits per heavy atom. The van der Waals surface area contributed by atoms with Gasteiger partial charge in [-0.1, -0.05) is 37.6 Å². The Kier molecular flexibility index (Phi) is 6.92. The number of aromatic nitrogens is 4. The molecule has 0 unspecified atom stereocenters. The number of nitrogens with zero attached hydrogens (tertiary/aromatic N) is 5. The fraction of sp³-hybridized carbons (Fsp3) is 0.476. The second-order valence-corrected chi connectivity index (χ2v) is 7.49. The number of anilines is 1. The largest absolute Gasteiger partial charge is 0.309 e. The Labute approximate surface area is 176 Å². The van der Waals surface area contributed by atoms with E-state index < -0.39 is 0 Å². The Morgan fingerprint density at radius 3 is 2.55 bits per heavy atom. The lowest BCUT2D eigenvalue weighted by molar-refractivity contribution is -0.116. The lowest BCUT2D eigenvalue weighted by Gasteiger charge is -2.19. The van der Waals surface area contributed by atoms with Gasteiger partial charge in [0.2, 0.25) is 11.9 Å². The fourth-order valence-electron chi connectivity index (χ4n) is 3.47. The van der Waals surface area contributed by atoms with Crippen molar-refractivity contribution < 1.29 is 4.79 Å². The van der Waals surface area contributed by atoms with E-state index in [-0.39, 0.29) is 5.91 Å². The lowest BCUT2D eigenvalue weighted by atomic mass is 10.3. The molecular weight excluding hydrogens is 388 g/mol. The van der Waals surface area contributed by atoms with Crippen LogP contribution in [0.4, 0.5) is 5.95 Å². The van der Waals surface area contributed by atoms with Crippen molar-refractivity contribution >= 4 is 34.5 Å². The van der Waals surface area contributed by atoms with Gasteiger partial charge in [0.1, 0.15) is 0 Å². The summed E-state index contributed by atoms with van der Waals surface area (Å²) in [5.74, 6) is 0.503. The predicted molar refractivity (Wildman–Crippen MR) is 117 cm³/mol. The third-order valence-electron chi connectivity index (χ3n) is 5.28. The molecule has 0 saturated carbocycles. The first-order valence-corrected chi connectivity index (χ1v) is 10.5. The highest BCUT2D eigenvalue weighted by Crippen LogP contribution is 2.21. The molecule has 0 spiro atoms. The Balaban J connectivity index is 1.73. The lowest BCUT2D eigenvalue weighted by Crippen LogP contribution is -2.28. The van der Waals surface area contributed by atoms with E-state index in [1.165, 1.54) is 0 Å². The average molecular weight is 417 g/mol. The number of likely N-dealkylation sites (N-methyl/N-ethyl adjacent to an activating group) is 1. The van der Waals surface area contributed by atoms with Gasteiger partial charge in [-0.05, 0) is 39.1 Å². The molecule has 0 radical (unpaired) electrons. The van der Waals surface area contributed by atoms with Crippen LogP contribution < -0.4 is 5.32 Å². The van der Waals surface area contributed by atoms with E-state index >= 15 is 0 Å². The molecule has 1 N–H and O–H groups in total. The summed E-state index contributed by atoms with van der Waals surface area (Å²) in [5.41, 5.74) is 3.57. The van der Waals surface area contributed by atoms with Crippen LogP contribution in [0, 0.1) is 13.8 Å². The van der Waals surface area contributed by atoms with Gasteiger partial charge in [0, 0.05) is 19.5 Å². The standard InChI is InChI=1S/C21H29ClN6O/c1-5-26(6-2)13-14-27-18-10-8-7-9-17(18)23-21(27)24-19(29)11-12-28-16(4)20(22)15(3)25-28/h7-10H,5-6,11-14H2,1-4H3,(H,23,24,29). The molecule has 0 atom stereocenters. The number of carbonyl (C=O) groups is 1. The molecule has 29 heavy (non-hydrogen) atoms. The smallest absolute Gasteiger partial charge is 0.228 e. The highest BCUT2D eigenvalue weighted by molar-refractivity contribution is 6.31. The van der Waals surface area contributed by atoms with Crippen LogP contribution >= 0.6 is 11.6 Å². The number of hydrogen-bond acceptors (Lipinski definition) is 4. The van der Waals surface area contributed by atoms with Gasteiger partial charge in [0.05, 0.1) is 34.0 Å². The van der Waals surface area contributed by atoms with Crippen molar-refractivity contribution in [3.05, 3.63) is 40.7 Å². The molecule has 8 heteroatoms. The monoisotopic (exact) mass is 416 g/mol. The van der Waals surface area contributed by atoms with Gasteiger partial charge >= 0.3 is 0 Å².